The van der Waals surface area contributed by atoms with Crippen molar-refractivity contribution in [3.05, 3.63) is 35.9 Å². The molecule has 6 fully saturated rings. The highest BCUT2D eigenvalue weighted by Crippen LogP contribution is 2.74. The van der Waals surface area contributed by atoms with E-state index in [2.05, 4.69) is 0 Å². The minimum atomic E-state index is -0.881. The van der Waals surface area contributed by atoms with E-state index in [-0.39, 0.29) is 43.2 Å². The third kappa shape index (κ3) is 3.32. The zero-order valence-electron chi connectivity index (χ0n) is 20.4. The number of aliphatic hydroxyl groups is 1. The Morgan fingerprint density at radius 2 is 1.86 bits per heavy atom. The summed E-state index contributed by atoms with van der Waals surface area (Å²) in [6, 6.07) is 10.0. The fourth-order valence-electron chi connectivity index (χ4n) is 8.07. The van der Waals surface area contributed by atoms with E-state index in [4.69, 9.17) is 33.2 Å². The second kappa shape index (κ2) is 8.39. The highest BCUT2D eigenvalue weighted by molar-refractivity contribution is 5.65. The number of hydrogen-bond acceptors (Lipinski definition) is 9. The van der Waals surface area contributed by atoms with Crippen LogP contribution in [0, 0.1) is 29.6 Å². The highest BCUT2D eigenvalue weighted by Gasteiger charge is 2.87. The fourth-order valence-corrected chi connectivity index (χ4v) is 8.07. The Morgan fingerprint density at radius 1 is 1.09 bits per heavy atom. The molecule has 0 aromatic heterocycles. The topological polar surface area (TPSA) is 102 Å². The van der Waals surface area contributed by atoms with E-state index < -0.39 is 35.2 Å². The lowest BCUT2D eigenvalue weighted by molar-refractivity contribution is -0.248. The first-order valence-corrected chi connectivity index (χ1v) is 12.4. The predicted octanol–water partition coefficient (Wildman–Crippen LogP) is 2.49. The molecule has 2 heterocycles. The van der Waals surface area contributed by atoms with Gasteiger partial charge in [-0.05, 0) is 43.6 Å². The second-order valence-electron chi connectivity index (χ2n) is 11.0. The van der Waals surface area contributed by atoms with Crippen LogP contribution in [-0.2, 0) is 39.8 Å². The maximum atomic E-state index is 12.4. The summed E-state index contributed by atoms with van der Waals surface area (Å²) in [5, 5.41) is 10.6. The number of carbonyl (C=O) groups excluding carboxylic acids is 1. The van der Waals surface area contributed by atoms with Crippen molar-refractivity contribution < 1.29 is 43.1 Å². The number of hydrogen-bond donors (Lipinski definition) is 1. The van der Waals surface area contributed by atoms with Crippen molar-refractivity contribution in [3.8, 4) is 0 Å². The van der Waals surface area contributed by atoms with Crippen LogP contribution in [0.15, 0.2) is 30.3 Å². The monoisotopic (exact) mass is 490 g/mol. The molecule has 35 heavy (non-hydrogen) atoms. The Hall–Kier alpha value is -1.75. The van der Waals surface area contributed by atoms with E-state index in [1.807, 2.05) is 44.2 Å². The minimum Gasteiger partial charge on any atom is -0.426 e. The third-order valence-electron chi connectivity index (χ3n) is 8.82. The molecule has 0 radical (unpaired) electrons. The van der Waals surface area contributed by atoms with Crippen molar-refractivity contribution in [1.29, 1.82) is 0 Å². The molecule has 0 amide bonds. The summed E-state index contributed by atoms with van der Waals surface area (Å²) < 4.78 is 42.3. The molecule has 4 bridgehead atoms. The number of methoxy groups -OCH3 is 1. The molecule has 4 aliphatic carbocycles. The molecule has 7 rings (SSSR count). The Balaban J connectivity index is 1.38. The maximum absolute atomic E-state index is 12.4. The lowest BCUT2D eigenvalue weighted by atomic mass is 9.49. The van der Waals surface area contributed by atoms with Crippen molar-refractivity contribution in [1.82, 2.24) is 0 Å². The SMILES string of the molecule is COCOC[C@@H]1[C@@H](COCc2ccccc2)[C@H]2[C@@]34C[C@@H]1[C@H]1OC(C)(C)O[C@]12[C@H](CO)[C@H]3OC(=O)O4. The van der Waals surface area contributed by atoms with Crippen LogP contribution < -0.4 is 0 Å². The molecule has 192 valence electrons. The smallest absolute Gasteiger partial charge is 0.426 e. The summed E-state index contributed by atoms with van der Waals surface area (Å²) in [5.74, 6) is -1.58. The van der Waals surface area contributed by atoms with Crippen molar-refractivity contribution in [2.45, 2.75) is 56.1 Å². The fraction of sp³-hybridized carbons (Fsp3) is 0.731. The largest absolute Gasteiger partial charge is 0.509 e. The van der Waals surface area contributed by atoms with Crippen LogP contribution in [0.5, 0.6) is 0 Å². The summed E-state index contributed by atoms with van der Waals surface area (Å²) in [6.45, 7) is 5.16. The van der Waals surface area contributed by atoms with Gasteiger partial charge in [-0.15, -0.1) is 0 Å². The number of ether oxygens (including phenoxy) is 7. The molecule has 1 N–H and O–H groups in total. The van der Waals surface area contributed by atoms with Crippen LogP contribution in [0.4, 0.5) is 4.79 Å². The molecule has 9 atom stereocenters. The van der Waals surface area contributed by atoms with Gasteiger partial charge in [-0.25, -0.2) is 4.79 Å². The lowest BCUT2D eigenvalue weighted by Gasteiger charge is -2.60. The minimum absolute atomic E-state index is 0.0301. The molecule has 4 saturated carbocycles. The van der Waals surface area contributed by atoms with E-state index in [1.54, 1.807) is 7.11 Å². The molecule has 9 heteroatoms. The molecular weight excluding hydrogens is 456 g/mol. The normalized spacial score (nSPS) is 44.1. The Kier molecular flexibility index (Phi) is 5.67. The zero-order valence-corrected chi connectivity index (χ0v) is 20.4. The van der Waals surface area contributed by atoms with Gasteiger partial charge in [-0.3, -0.25) is 0 Å². The Bertz CT molecular complexity index is 953. The van der Waals surface area contributed by atoms with Crippen molar-refractivity contribution in [2.75, 3.05) is 33.7 Å². The van der Waals surface area contributed by atoms with Gasteiger partial charge in [-0.1, -0.05) is 30.3 Å². The third-order valence-corrected chi connectivity index (χ3v) is 8.82. The maximum Gasteiger partial charge on any atom is 0.509 e. The Morgan fingerprint density at radius 3 is 2.60 bits per heavy atom. The molecule has 9 nitrogen and oxygen atoms in total. The molecule has 2 spiro atoms. The van der Waals surface area contributed by atoms with Gasteiger partial charge in [0.25, 0.3) is 0 Å². The second-order valence-corrected chi connectivity index (χ2v) is 11.0. The summed E-state index contributed by atoms with van der Waals surface area (Å²) in [6.07, 6.45) is -0.971. The number of benzene rings is 1. The van der Waals surface area contributed by atoms with E-state index >= 15 is 0 Å². The van der Waals surface area contributed by atoms with E-state index in [9.17, 15) is 9.90 Å². The lowest BCUT2D eigenvalue weighted by Crippen LogP contribution is -2.71. The number of carbonyl (C=O) groups is 1. The average Bonchev–Trinajstić information content (AvgIpc) is 3.35. The summed E-state index contributed by atoms with van der Waals surface area (Å²) in [4.78, 5) is 12.4. The van der Waals surface area contributed by atoms with Gasteiger partial charge in [0.2, 0.25) is 0 Å². The summed E-state index contributed by atoms with van der Waals surface area (Å²) >= 11 is 0. The van der Waals surface area contributed by atoms with Gasteiger partial charge >= 0.3 is 6.16 Å². The zero-order chi connectivity index (χ0) is 24.4. The van der Waals surface area contributed by atoms with Gasteiger partial charge in [0.1, 0.15) is 12.4 Å². The van der Waals surface area contributed by atoms with Gasteiger partial charge in [0.15, 0.2) is 17.5 Å². The molecule has 6 aliphatic rings. The van der Waals surface area contributed by atoms with Gasteiger partial charge in [-0.2, -0.15) is 0 Å². The van der Waals surface area contributed by atoms with Crippen LogP contribution >= 0.6 is 0 Å². The molecule has 1 aromatic carbocycles. The quantitative estimate of drug-likeness (QED) is 0.318. The van der Waals surface area contributed by atoms with Crippen molar-refractivity contribution in [2.24, 2.45) is 29.6 Å². The van der Waals surface area contributed by atoms with Gasteiger partial charge < -0.3 is 38.3 Å². The number of fused-ring (bicyclic) bond motifs is 1. The van der Waals surface area contributed by atoms with E-state index in [1.165, 1.54) is 0 Å². The van der Waals surface area contributed by atoms with Gasteiger partial charge in [0, 0.05) is 13.0 Å². The van der Waals surface area contributed by atoms with E-state index in [0.717, 1.165) is 5.56 Å². The van der Waals surface area contributed by atoms with Crippen molar-refractivity contribution >= 4 is 6.16 Å². The van der Waals surface area contributed by atoms with Gasteiger partial charge in [0.05, 0.1) is 38.4 Å². The predicted molar refractivity (Wildman–Crippen MR) is 120 cm³/mol. The molecule has 2 saturated heterocycles. The van der Waals surface area contributed by atoms with Crippen LogP contribution in [0.2, 0.25) is 0 Å². The van der Waals surface area contributed by atoms with Crippen LogP contribution in [-0.4, -0.2) is 74.2 Å². The number of rotatable bonds is 9. The standard InChI is InChI=1S/C26H34O9/c1-24(2)33-21-16-9-25-20(26(21,35-24)19(10-27)22(25)32-23(28)34-25)18(17(16)12-31-14-29-3)13-30-11-15-7-5-4-6-8-15/h4-8,16-22,27H,9-14H2,1-3H3/t16-,17-,18+,19+,20-,21+,22+,25-,26-/m0/s1. The first kappa shape index (κ1) is 23.6. The van der Waals surface area contributed by atoms with Crippen LogP contribution in [0.25, 0.3) is 0 Å². The molecule has 2 aliphatic heterocycles. The van der Waals surface area contributed by atoms with E-state index in [0.29, 0.717) is 26.2 Å². The first-order chi connectivity index (χ1) is 16.9. The summed E-state index contributed by atoms with van der Waals surface area (Å²) in [5.41, 5.74) is -0.639. The number of aliphatic hydroxyl groups excluding tert-OH is 1. The highest BCUT2D eigenvalue weighted by atomic mass is 16.8. The summed E-state index contributed by atoms with van der Waals surface area (Å²) in [7, 11) is 1.60. The average molecular weight is 491 g/mol. The molecule has 1 aromatic rings. The Labute approximate surface area is 204 Å². The first-order valence-electron chi connectivity index (χ1n) is 12.4. The van der Waals surface area contributed by atoms with Crippen LogP contribution in [0.3, 0.4) is 0 Å². The van der Waals surface area contributed by atoms with Crippen LogP contribution in [0.1, 0.15) is 25.8 Å². The molecular formula is C26H34O9. The molecule has 0 unspecified atom stereocenters. The van der Waals surface area contributed by atoms with Crippen molar-refractivity contribution in [3.63, 3.8) is 0 Å².